The first-order chi connectivity index (χ1) is 16.6. The molecule has 0 radical (unpaired) electrons. The Hall–Kier alpha value is -4.65. The number of amides is 1. The van der Waals surface area contributed by atoms with Crippen LogP contribution in [0.5, 0.6) is 23.0 Å². The van der Waals surface area contributed by atoms with Crippen molar-refractivity contribution in [2.45, 2.75) is 0 Å². The number of ether oxygens (including phenoxy) is 3. The Kier molecular flexibility index (Phi) is 5.66. The first-order valence-electron chi connectivity index (χ1n) is 10.6. The van der Waals surface area contributed by atoms with E-state index in [2.05, 4.69) is 15.3 Å². The zero-order valence-corrected chi connectivity index (χ0v) is 18.6. The van der Waals surface area contributed by atoms with Gasteiger partial charge in [-0.1, -0.05) is 18.2 Å². The van der Waals surface area contributed by atoms with Crippen LogP contribution in [0.1, 0.15) is 10.5 Å². The average molecular weight is 451 g/mol. The van der Waals surface area contributed by atoms with Crippen LogP contribution in [0, 0.1) is 0 Å². The lowest BCUT2D eigenvalue weighted by Gasteiger charge is -2.13. The Morgan fingerprint density at radius 3 is 2.35 bits per heavy atom. The molecular weight excluding hydrogens is 430 g/mol. The summed E-state index contributed by atoms with van der Waals surface area (Å²) in [6, 6.07) is 22.2. The van der Waals surface area contributed by atoms with Gasteiger partial charge in [0.1, 0.15) is 17.2 Å². The molecule has 0 spiro atoms. The minimum atomic E-state index is -0.253. The number of carbonyl (C=O) groups is 1. The van der Waals surface area contributed by atoms with Crippen molar-refractivity contribution in [1.29, 1.82) is 0 Å². The number of fused-ring (bicyclic) bond motifs is 2. The number of hydrogen-bond donors (Lipinski definition) is 1. The lowest BCUT2D eigenvalue weighted by molar-refractivity contribution is 0.102. The van der Waals surface area contributed by atoms with Crippen LogP contribution in [0.15, 0.2) is 85.2 Å². The van der Waals surface area contributed by atoms with Crippen LogP contribution in [0.3, 0.4) is 0 Å². The zero-order chi connectivity index (χ0) is 23.5. The predicted octanol–water partition coefficient (Wildman–Crippen LogP) is 5.84. The molecule has 2 heterocycles. The van der Waals surface area contributed by atoms with E-state index < -0.39 is 0 Å². The Balaban J connectivity index is 1.41. The van der Waals surface area contributed by atoms with Crippen molar-refractivity contribution in [2.75, 3.05) is 19.5 Å². The molecule has 0 bridgehead atoms. The Morgan fingerprint density at radius 1 is 0.765 bits per heavy atom. The number of hydrogen-bond acceptors (Lipinski definition) is 6. The topological polar surface area (TPSA) is 82.6 Å². The highest BCUT2D eigenvalue weighted by Gasteiger charge is 2.12. The van der Waals surface area contributed by atoms with Crippen LogP contribution in [-0.2, 0) is 0 Å². The number of pyridine rings is 2. The van der Waals surface area contributed by atoms with Crippen molar-refractivity contribution < 1.29 is 19.0 Å². The van der Waals surface area contributed by atoms with Crippen molar-refractivity contribution in [3.8, 4) is 23.0 Å². The lowest BCUT2D eigenvalue weighted by atomic mass is 10.1. The molecule has 0 fully saturated rings. The number of aromatic nitrogens is 2. The summed E-state index contributed by atoms with van der Waals surface area (Å²) in [5.41, 5.74) is 1.80. The van der Waals surface area contributed by atoms with E-state index in [0.29, 0.717) is 34.4 Å². The van der Waals surface area contributed by atoms with Crippen LogP contribution in [0.2, 0.25) is 0 Å². The number of carbonyl (C=O) groups excluding carboxylic acids is 1. The van der Waals surface area contributed by atoms with Crippen molar-refractivity contribution in [2.24, 2.45) is 0 Å². The summed E-state index contributed by atoms with van der Waals surface area (Å²) in [4.78, 5) is 20.9. The molecule has 0 aliphatic rings. The van der Waals surface area contributed by atoms with E-state index in [1.807, 2.05) is 54.6 Å². The van der Waals surface area contributed by atoms with E-state index in [1.165, 1.54) is 0 Å². The quantitative estimate of drug-likeness (QED) is 0.349. The molecular formula is C27H21N3O4. The van der Waals surface area contributed by atoms with Crippen LogP contribution in [-0.4, -0.2) is 30.1 Å². The Bertz CT molecular complexity index is 1500. The van der Waals surface area contributed by atoms with E-state index in [1.54, 1.807) is 44.8 Å². The summed E-state index contributed by atoms with van der Waals surface area (Å²) >= 11 is 0. The number of rotatable bonds is 6. The molecule has 0 aliphatic carbocycles. The van der Waals surface area contributed by atoms with Gasteiger partial charge in [0.05, 0.1) is 19.7 Å². The van der Waals surface area contributed by atoms with Crippen LogP contribution < -0.4 is 19.5 Å². The summed E-state index contributed by atoms with van der Waals surface area (Å²) in [7, 11) is 3.19. The molecule has 7 heteroatoms. The molecule has 1 amide bonds. The smallest absolute Gasteiger partial charge is 0.274 e. The number of benzene rings is 3. The second-order valence-corrected chi connectivity index (χ2v) is 7.53. The maximum atomic E-state index is 12.4. The second kappa shape index (κ2) is 9.07. The SMILES string of the molecule is COc1cc2nccc(Oc3ccc4cc(NC(=O)c5ccccn5)ccc4c3)c2cc1OC. The number of methoxy groups -OCH3 is 2. The van der Waals surface area contributed by atoms with Crippen LogP contribution in [0.25, 0.3) is 21.7 Å². The van der Waals surface area contributed by atoms with E-state index in [0.717, 1.165) is 21.7 Å². The molecule has 7 nitrogen and oxygen atoms in total. The van der Waals surface area contributed by atoms with Crippen LogP contribution in [0.4, 0.5) is 5.69 Å². The zero-order valence-electron chi connectivity index (χ0n) is 18.6. The molecule has 34 heavy (non-hydrogen) atoms. The summed E-state index contributed by atoms with van der Waals surface area (Å²) in [6.07, 6.45) is 3.29. The van der Waals surface area contributed by atoms with Gasteiger partial charge < -0.3 is 19.5 Å². The summed E-state index contributed by atoms with van der Waals surface area (Å²) in [6.45, 7) is 0. The van der Waals surface area contributed by atoms with Crippen molar-refractivity contribution >= 4 is 33.3 Å². The van der Waals surface area contributed by atoms with Gasteiger partial charge in [-0.2, -0.15) is 0 Å². The predicted molar refractivity (Wildman–Crippen MR) is 131 cm³/mol. The van der Waals surface area contributed by atoms with Gasteiger partial charge in [0.15, 0.2) is 11.5 Å². The Labute approximate surface area is 195 Å². The van der Waals surface area contributed by atoms with Gasteiger partial charge in [-0.15, -0.1) is 0 Å². The largest absolute Gasteiger partial charge is 0.493 e. The van der Waals surface area contributed by atoms with Gasteiger partial charge in [0.2, 0.25) is 0 Å². The molecule has 0 saturated heterocycles. The monoisotopic (exact) mass is 451 g/mol. The highest BCUT2D eigenvalue weighted by molar-refractivity contribution is 6.04. The molecule has 0 saturated carbocycles. The van der Waals surface area contributed by atoms with E-state index >= 15 is 0 Å². The third-order valence-electron chi connectivity index (χ3n) is 5.40. The van der Waals surface area contributed by atoms with Gasteiger partial charge in [0.25, 0.3) is 5.91 Å². The number of nitrogens with zero attached hydrogens (tertiary/aromatic N) is 2. The number of nitrogens with one attached hydrogen (secondary N) is 1. The van der Waals surface area contributed by atoms with E-state index in [4.69, 9.17) is 14.2 Å². The van der Waals surface area contributed by atoms with Gasteiger partial charge in [-0.3, -0.25) is 14.8 Å². The maximum Gasteiger partial charge on any atom is 0.274 e. The normalized spacial score (nSPS) is 10.8. The standard InChI is InChI=1S/C27H21N3O4/c1-32-25-15-21-23(16-26(25)33-2)29-12-10-24(21)34-20-9-7-17-13-19(8-6-18(17)14-20)30-27(31)22-5-3-4-11-28-22/h3-16H,1-2H3,(H,30,31). The minimum absolute atomic E-state index is 0.253. The molecule has 0 unspecified atom stereocenters. The minimum Gasteiger partial charge on any atom is -0.493 e. The Morgan fingerprint density at radius 2 is 1.56 bits per heavy atom. The molecule has 2 aromatic heterocycles. The fourth-order valence-electron chi connectivity index (χ4n) is 3.72. The third kappa shape index (κ3) is 4.19. The van der Waals surface area contributed by atoms with Crippen molar-refractivity contribution in [3.63, 3.8) is 0 Å². The van der Waals surface area contributed by atoms with Gasteiger partial charge in [0, 0.05) is 29.5 Å². The number of anilines is 1. The molecule has 1 N–H and O–H groups in total. The maximum absolute atomic E-state index is 12.4. The summed E-state index contributed by atoms with van der Waals surface area (Å²) in [5, 5.41) is 5.64. The van der Waals surface area contributed by atoms with Crippen molar-refractivity contribution in [1.82, 2.24) is 9.97 Å². The molecule has 0 atom stereocenters. The van der Waals surface area contributed by atoms with Gasteiger partial charge in [-0.25, -0.2) is 0 Å². The molecule has 168 valence electrons. The van der Waals surface area contributed by atoms with Gasteiger partial charge in [-0.05, 0) is 59.3 Å². The average Bonchev–Trinajstić information content (AvgIpc) is 2.88. The highest BCUT2D eigenvalue weighted by Crippen LogP contribution is 2.37. The van der Waals surface area contributed by atoms with Gasteiger partial charge >= 0.3 is 0 Å². The third-order valence-corrected chi connectivity index (χ3v) is 5.40. The fraction of sp³-hybridized carbons (Fsp3) is 0.0741. The first-order valence-corrected chi connectivity index (χ1v) is 10.6. The summed E-state index contributed by atoms with van der Waals surface area (Å²) in [5.74, 6) is 2.30. The molecule has 5 aromatic rings. The molecule has 5 rings (SSSR count). The van der Waals surface area contributed by atoms with E-state index in [9.17, 15) is 4.79 Å². The first kappa shape index (κ1) is 21.2. The lowest BCUT2D eigenvalue weighted by Crippen LogP contribution is -2.13. The summed E-state index contributed by atoms with van der Waals surface area (Å²) < 4.78 is 17.0. The second-order valence-electron chi connectivity index (χ2n) is 7.53. The fourth-order valence-corrected chi connectivity index (χ4v) is 3.72. The van der Waals surface area contributed by atoms with E-state index in [-0.39, 0.29) is 5.91 Å². The van der Waals surface area contributed by atoms with Crippen LogP contribution >= 0.6 is 0 Å². The highest BCUT2D eigenvalue weighted by atomic mass is 16.5. The molecule has 0 aliphatic heterocycles. The molecule has 3 aromatic carbocycles. The van der Waals surface area contributed by atoms with Crippen molar-refractivity contribution in [3.05, 3.63) is 90.9 Å².